The number of esters is 1. The van der Waals surface area contributed by atoms with Crippen LogP contribution in [0.1, 0.15) is 10.4 Å². The number of hydrogen-bond donors (Lipinski definition) is 0. The second kappa shape index (κ2) is 5.38. The Morgan fingerprint density at radius 2 is 2.05 bits per heavy atom. The number of carbonyl (C=O) groups excluding carboxylic acids is 1. The average Bonchev–Trinajstić information content (AvgIpc) is 2.87. The molecule has 0 aliphatic rings. The van der Waals surface area contributed by atoms with Crippen LogP contribution in [0.3, 0.4) is 0 Å². The first-order chi connectivity index (χ1) is 9.32. The van der Waals surface area contributed by atoms with Gasteiger partial charge in [0.05, 0.1) is 23.7 Å². The molecule has 0 amide bonds. The van der Waals surface area contributed by atoms with Crippen LogP contribution in [0.4, 0.5) is 0 Å². The van der Waals surface area contributed by atoms with Gasteiger partial charge in [0.2, 0.25) is 0 Å². The molecule has 2 aromatic rings. The number of halogens is 1. The molecule has 1 heterocycles. The number of nitrogens with zero attached hydrogens (tertiary/aromatic N) is 3. The third-order valence-electron chi connectivity index (χ3n) is 2.87. The minimum atomic E-state index is -1.55. The first-order valence-corrected chi connectivity index (χ1v) is 10.0. The molecule has 0 saturated heterocycles. The highest BCUT2D eigenvalue weighted by molar-refractivity contribution is 6.88. The summed E-state index contributed by atoms with van der Waals surface area (Å²) in [6.45, 7) is 6.55. The van der Waals surface area contributed by atoms with Crippen molar-refractivity contribution in [2.75, 3.05) is 7.11 Å². The van der Waals surface area contributed by atoms with Crippen LogP contribution in [-0.4, -0.2) is 36.1 Å². The zero-order chi connectivity index (χ0) is 14.9. The third-order valence-corrected chi connectivity index (χ3v) is 4.87. The number of methoxy groups -OCH3 is 1. The van der Waals surface area contributed by atoms with E-state index in [-0.39, 0.29) is 0 Å². The average molecular weight is 310 g/mol. The molecule has 0 atom stereocenters. The van der Waals surface area contributed by atoms with E-state index in [4.69, 9.17) is 16.3 Å². The van der Waals surface area contributed by atoms with E-state index in [2.05, 4.69) is 30.0 Å². The molecular weight excluding hydrogens is 294 g/mol. The summed E-state index contributed by atoms with van der Waals surface area (Å²) in [7, 11) is -0.211. The Hall–Kier alpha value is -1.66. The SMILES string of the molecule is COC(=O)c1cc(Cl)ccc1-n1cc([Si](C)(C)C)nn1. The van der Waals surface area contributed by atoms with Gasteiger partial charge in [0, 0.05) is 11.2 Å². The normalized spacial score (nSPS) is 11.4. The van der Waals surface area contributed by atoms with Gasteiger partial charge in [-0.3, -0.25) is 0 Å². The Kier molecular flexibility index (Phi) is 3.96. The van der Waals surface area contributed by atoms with Crippen molar-refractivity contribution in [3.63, 3.8) is 0 Å². The predicted octanol–water partition coefficient (Wildman–Crippen LogP) is 2.25. The van der Waals surface area contributed by atoms with Gasteiger partial charge in [0.1, 0.15) is 8.07 Å². The largest absolute Gasteiger partial charge is 0.465 e. The third kappa shape index (κ3) is 2.91. The van der Waals surface area contributed by atoms with Gasteiger partial charge in [-0.1, -0.05) is 36.5 Å². The summed E-state index contributed by atoms with van der Waals surface area (Å²) < 4.78 is 6.37. The van der Waals surface area contributed by atoms with E-state index in [9.17, 15) is 4.79 Å². The van der Waals surface area contributed by atoms with Crippen molar-refractivity contribution < 1.29 is 9.53 Å². The van der Waals surface area contributed by atoms with E-state index in [1.807, 2.05) is 6.20 Å². The van der Waals surface area contributed by atoms with Gasteiger partial charge in [0.25, 0.3) is 0 Å². The highest BCUT2D eigenvalue weighted by Gasteiger charge is 2.22. The van der Waals surface area contributed by atoms with Crippen LogP contribution in [0.25, 0.3) is 5.69 Å². The van der Waals surface area contributed by atoms with Crippen LogP contribution < -0.4 is 5.32 Å². The number of carbonyl (C=O) groups is 1. The Morgan fingerprint density at radius 3 is 2.60 bits per heavy atom. The minimum absolute atomic E-state index is 0.368. The highest BCUT2D eigenvalue weighted by atomic mass is 35.5. The summed E-state index contributed by atoms with van der Waals surface area (Å²) in [5.74, 6) is -0.451. The molecule has 0 fully saturated rings. The Morgan fingerprint density at radius 1 is 1.35 bits per heavy atom. The Labute approximate surface area is 123 Å². The molecule has 2 rings (SSSR count). The number of ether oxygens (including phenoxy) is 1. The number of hydrogen-bond acceptors (Lipinski definition) is 4. The molecule has 0 aliphatic carbocycles. The lowest BCUT2D eigenvalue weighted by molar-refractivity contribution is 0.0600. The molecule has 0 spiro atoms. The van der Waals surface area contributed by atoms with Crippen molar-refractivity contribution >= 4 is 31.0 Å². The first-order valence-electron chi connectivity index (χ1n) is 6.14. The van der Waals surface area contributed by atoms with Crippen LogP contribution in [0.2, 0.25) is 24.7 Å². The fraction of sp³-hybridized carbons (Fsp3) is 0.308. The van der Waals surface area contributed by atoms with Crippen LogP contribution >= 0.6 is 11.6 Å². The van der Waals surface area contributed by atoms with Gasteiger partial charge < -0.3 is 4.74 Å². The summed E-state index contributed by atoms with van der Waals surface area (Å²) in [4.78, 5) is 11.8. The van der Waals surface area contributed by atoms with Crippen molar-refractivity contribution in [3.8, 4) is 5.69 Å². The fourth-order valence-electron chi connectivity index (χ4n) is 1.71. The number of aromatic nitrogens is 3. The van der Waals surface area contributed by atoms with Crippen LogP contribution in [0.15, 0.2) is 24.4 Å². The summed E-state index contributed by atoms with van der Waals surface area (Å²) in [5.41, 5.74) is 0.977. The van der Waals surface area contributed by atoms with Gasteiger partial charge in [-0.2, -0.15) is 0 Å². The molecule has 0 N–H and O–H groups in total. The molecule has 1 aromatic heterocycles. The molecule has 5 nitrogen and oxygen atoms in total. The maximum absolute atomic E-state index is 11.8. The lowest BCUT2D eigenvalue weighted by Crippen LogP contribution is -2.38. The topological polar surface area (TPSA) is 57.0 Å². The zero-order valence-corrected chi connectivity index (χ0v) is 13.6. The van der Waals surface area contributed by atoms with Crippen molar-refractivity contribution in [1.82, 2.24) is 15.0 Å². The summed E-state index contributed by atoms with van der Waals surface area (Å²) in [6, 6.07) is 5.01. The molecule has 0 bridgehead atoms. The Balaban J connectivity index is 2.52. The molecule has 1 aromatic carbocycles. The van der Waals surface area contributed by atoms with Gasteiger partial charge in [-0.15, -0.1) is 5.10 Å². The van der Waals surface area contributed by atoms with Gasteiger partial charge in [-0.25, -0.2) is 9.48 Å². The van der Waals surface area contributed by atoms with E-state index in [0.29, 0.717) is 16.3 Å². The zero-order valence-electron chi connectivity index (χ0n) is 11.8. The molecular formula is C13H16ClN3O2Si. The minimum Gasteiger partial charge on any atom is -0.465 e. The molecule has 0 saturated carbocycles. The van der Waals surface area contributed by atoms with E-state index >= 15 is 0 Å². The number of benzene rings is 1. The fourth-order valence-corrected chi connectivity index (χ4v) is 2.73. The molecule has 0 unspecified atom stereocenters. The van der Waals surface area contributed by atoms with E-state index in [1.54, 1.807) is 22.9 Å². The predicted molar refractivity (Wildman–Crippen MR) is 80.7 cm³/mol. The van der Waals surface area contributed by atoms with Crippen molar-refractivity contribution in [3.05, 3.63) is 35.0 Å². The second-order valence-corrected chi connectivity index (χ2v) is 10.9. The first kappa shape index (κ1) is 14.7. The highest BCUT2D eigenvalue weighted by Crippen LogP contribution is 2.20. The van der Waals surface area contributed by atoms with Crippen molar-refractivity contribution in [2.24, 2.45) is 0 Å². The molecule has 0 radical (unpaired) electrons. The van der Waals surface area contributed by atoms with Crippen molar-refractivity contribution in [2.45, 2.75) is 19.6 Å². The standard InChI is InChI=1S/C13H16ClN3O2Si/c1-19-13(18)10-7-9(14)5-6-11(10)17-8-12(15-16-17)20(2,3)4/h5-8H,1-4H3. The quantitative estimate of drug-likeness (QED) is 0.644. The van der Waals surface area contributed by atoms with Gasteiger partial charge in [0.15, 0.2) is 0 Å². The monoisotopic (exact) mass is 309 g/mol. The lowest BCUT2D eigenvalue weighted by Gasteiger charge is -2.10. The van der Waals surface area contributed by atoms with Crippen LogP contribution in [0, 0.1) is 0 Å². The molecule has 106 valence electrons. The summed E-state index contributed by atoms with van der Waals surface area (Å²) in [6.07, 6.45) is 1.86. The van der Waals surface area contributed by atoms with E-state index in [0.717, 1.165) is 5.32 Å². The van der Waals surface area contributed by atoms with E-state index in [1.165, 1.54) is 7.11 Å². The smallest absolute Gasteiger partial charge is 0.340 e. The second-order valence-electron chi connectivity index (χ2n) is 5.45. The van der Waals surface area contributed by atoms with Crippen molar-refractivity contribution in [1.29, 1.82) is 0 Å². The maximum Gasteiger partial charge on any atom is 0.340 e. The Bertz CT molecular complexity index is 649. The molecule has 7 heteroatoms. The number of rotatable bonds is 3. The summed E-state index contributed by atoms with van der Waals surface area (Å²) in [5, 5.41) is 9.76. The molecule has 20 heavy (non-hydrogen) atoms. The maximum atomic E-state index is 11.8. The van der Waals surface area contributed by atoms with E-state index < -0.39 is 14.0 Å². The summed E-state index contributed by atoms with van der Waals surface area (Å²) >= 11 is 5.94. The lowest BCUT2D eigenvalue weighted by atomic mass is 10.2. The van der Waals surface area contributed by atoms with Crippen LogP contribution in [0.5, 0.6) is 0 Å². The van der Waals surface area contributed by atoms with Gasteiger partial charge >= 0.3 is 5.97 Å². The van der Waals surface area contributed by atoms with Gasteiger partial charge in [-0.05, 0) is 18.2 Å². The van der Waals surface area contributed by atoms with Crippen LogP contribution in [-0.2, 0) is 4.74 Å². The molecule has 0 aliphatic heterocycles.